The lowest BCUT2D eigenvalue weighted by Gasteiger charge is -2.29. The first-order chi connectivity index (χ1) is 8.79. The van der Waals surface area contributed by atoms with Crippen LogP contribution in [0.5, 0.6) is 0 Å². The van der Waals surface area contributed by atoms with E-state index in [0.29, 0.717) is 0 Å². The summed E-state index contributed by atoms with van der Waals surface area (Å²) in [6.45, 7) is 8.43. The second-order valence-corrected chi connectivity index (χ2v) is 5.15. The Kier molecular flexibility index (Phi) is 2.86. The normalized spacial score (nSPS) is 17.1. The summed E-state index contributed by atoms with van der Waals surface area (Å²) < 4.78 is 0. The number of hydrogen-bond acceptors (Lipinski definition) is 2. The number of rotatable bonds is 3. The zero-order chi connectivity index (χ0) is 12.5. The average molecular weight is 240 g/mol. The van der Waals surface area contributed by atoms with Crippen molar-refractivity contribution < 1.29 is 0 Å². The predicted octanol–water partition coefficient (Wildman–Crippen LogP) is 3.31. The predicted molar refractivity (Wildman–Crippen MR) is 77.5 cm³/mol. The van der Waals surface area contributed by atoms with Crippen molar-refractivity contribution in [1.82, 2.24) is 5.32 Å². The van der Waals surface area contributed by atoms with Gasteiger partial charge in [-0.2, -0.15) is 0 Å². The Bertz CT molecular complexity index is 514. The third-order valence-electron chi connectivity index (χ3n) is 3.81. The van der Waals surface area contributed by atoms with Crippen LogP contribution < -0.4 is 10.2 Å². The molecule has 2 heteroatoms. The minimum atomic E-state index is 0.926. The highest BCUT2D eigenvalue weighted by molar-refractivity contribution is 5.75. The Balaban J connectivity index is 2.06. The zero-order valence-electron chi connectivity index (χ0n) is 11.0. The molecule has 0 aliphatic carbocycles. The molecule has 2 nitrogen and oxygen atoms in total. The van der Waals surface area contributed by atoms with Gasteiger partial charge in [0.25, 0.3) is 0 Å². The van der Waals surface area contributed by atoms with Crippen molar-refractivity contribution in [3.05, 3.63) is 47.7 Å². The van der Waals surface area contributed by atoms with E-state index in [2.05, 4.69) is 48.1 Å². The summed E-state index contributed by atoms with van der Waals surface area (Å²) in [6.07, 6.45) is 5.87. The van der Waals surface area contributed by atoms with E-state index in [4.69, 9.17) is 0 Å². The van der Waals surface area contributed by atoms with Crippen LogP contribution in [0.15, 0.2) is 36.6 Å². The summed E-state index contributed by atoms with van der Waals surface area (Å²) in [7, 11) is 0. The van der Waals surface area contributed by atoms with Crippen molar-refractivity contribution in [3.8, 4) is 0 Å². The Morgan fingerprint density at radius 1 is 1.39 bits per heavy atom. The van der Waals surface area contributed by atoms with Gasteiger partial charge in [-0.3, -0.25) is 0 Å². The van der Waals surface area contributed by atoms with Crippen LogP contribution in [-0.2, 0) is 6.42 Å². The maximum atomic E-state index is 4.15. The highest BCUT2D eigenvalue weighted by Crippen LogP contribution is 2.35. The number of anilines is 1. The smallest absolute Gasteiger partial charge is 0.0448 e. The zero-order valence-corrected chi connectivity index (χ0v) is 11.0. The number of nitrogens with one attached hydrogen (secondary N) is 1. The molecule has 2 aliphatic rings. The fourth-order valence-corrected chi connectivity index (χ4v) is 2.81. The van der Waals surface area contributed by atoms with Crippen LogP contribution >= 0.6 is 0 Å². The molecule has 0 saturated carbocycles. The van der Waals surface area contributed by atoms with Crippen LogP contribution in [0, 0.1) is 0 Å². The number of nitrogens with zero attached hydrogens (tertiary/aromatic N) is 1. The molecule has 0 aromatic heterocycles. The van der Waals surface area contributed by atoms with Crippen LogP contribution in [0.4, 0.5) is 5.69 Å². The lowest BCUT2D eigenvalue weighted by atomic mass is 9.95. The average Bonchev–Trinajstić information content (AvgIpc) is 2.55. The number of benzene rings is 1. The van der Waals surface area contributed by atoms with Gasteiger partial charge in [-0.25, -0.2) is 0 Å². The monoisotopic (exact) mass is 240 g/mol. The second kappa shape index (κ2) is 4.52. The van der Waals surface area contributed by atoms with E-state index in [1.54, 1.807) is 0 Å². The molecule has 0 atom stereocenters. The molecule has 18 heavy (non-hydrogen) atoms. The van der Waals surface area contributed by atoms with E-state index in [1.807, 2.05) is 0 Å². The molecular weight excluding hydrogens is 220 g/mol. The van der Waals surface area contributed by atoms with E-state index < -0.39 is 0 Å². The molecule has 0 spiro atoms. The van der Waals surface area contributed by atoms with E-state index >= 15 is 0 Å². The number of unbranched alkanes of at least 4 members (excludes halogenated alkanes) is 1. The molecule has 0 unspecified atom stereocenters. The van der Waals surface area contributed by atoms with Crippen molar-refractivity contribution in [3.63, 3.8) is 0 Å². The SMILES string of the molecule is C=C1NCC2=CN(CCCC)c3cccc1c3C2. The van der Waals surface area contributed by atoms with Gasteiger partial charge in [0.2, 0.25) is 0 Å². The molecule has 2 heterocycles. The molecular formula is C16H20N2. The van der Waals surface area contributed by atoms with Crippen LogP contribution in [0.3, 0.4) is 0 Å². The lowest BCUT2D eigenvalue weighted by molar-refractivity contribution is 0.767. The van der Waals surface area contributed by atoms with Crippen LogP contribution in [0.2, 0.25) is 0 Å². The summed E-state index contributed by atoms with van der Waals surface area (Å²) in [4.78, 5) is 2.42. The maximum Gasteiger partial charge on any atom is 0.0448 e. The molecule has 0 saturated heterocycles. The molecule has 1 N–H and O–H groups in total. The lowest BCUT2D eigenvalue weighted by Crippen LogP contribution is -2.24. The van der Waals surface area contributed by atoms with E-state index in [1.165, 1.54) is 35.2 Å². The Morgan fingerprint density at radius 2 is 2.28 bits per heavy atom. The van der Waals surface area contributed by atoms with Gasteiger partial charge in [-0.15, -0.1) is 0 Å². The van der Waals surface area contributed by atoms with Gasteiger partial charge in [0.1, 0.15) is 0 Å². The van der Waals surface area contributed by atoms with Gasteiger partial charge in [-0.1, -0.05) is 32.1 Å². The fourth-order valence-electron chi connectivity index (χ4n) is 2.81. The van der Waals surface area contributed by atoms with Gasteiger partial charge in [-0.05, 0) is 30.0 Å². The third-order valence-corrected chi connectivity index (χ3v) is 3.81. The first kappa shape index (κ1) is 11.4. The number of hydrogen-bond donors (Lipinski definition) is 1. The van der Waals surface area contributed by atoms with Crippen molar-refractivity contribution in [1.29, 1.82) is 0 Å². The molecule has 1 aromatic rings. The first-order valence-corrected chi connectivity index (χ1v) is 6.81. The minimum absolute atomic E-state index is 0.926. The number of fused-ring (bicyclic) bond motifs is 1. The fraction of sp³-hybridized carbons (Fsp3) is 0.375. The minimum Gasteiger partial charge on any atom is -0.381 e. The topological polar surface area (TPSA) is 15.3 Å². The molecule has 0 fully saturated rings. The van der Waals surface area contributed by atoms with E-state index in [9.17, 15) is 0 Å². The van der Waals surface area contributed by atoms with Crippen LogP contribution in [0.25, 0.3) is 5.70 Å². The highest BCUT2D eigenvalue weighted by atomic mass is 15.1. The Morgan fingerprint density at radius 3 is 3.11 bits per heavy atom. The summed E-state index contributed by atoms with van der Waals surface area (Å²) in [5.74, 6) is 0. The molecule has 94 valence electrons. The van der Waals surface area contributed by atoms with Crippen LogP contribution in [0.1, 0.15) is 30.9 Å². The molecule has 2 aliphatic heterocycles. The summed E-state index contributed by atoms with van der Waals surface area (Å²) in [6, 6.07) is 6.56. The molecule has 0 amide bonds. The maximum absolute atomic E-state index is 4.15. The quantitative estimate of drug-likeness (QED) is 0.872. The van der Waals surface area contributed by atoms with Gasteiger partial charge in [0, 0.05) is 36.2 Å². The molecule has 2 bridgehead atoms. The highest BCUT2D eigenvalue weighted by Gasteiger charge is 2.23. The summed E-state index contributed by atoms with van der Waals surface area (Å²) in [5, 5.41) is 3.42. The van der Waals surface area contributed by atoms with E-state index in [0.717, 1.165) is 25.2 Å². The Labute approximate surface area is 109 Å². The first-order valence-electron chi connectivity index (χ1n) is 6.81. The second-order valence-electron chi connectivity index (χ2n) is 5.15. The van der Waals surface area contributed by atoms with Gasteiger partial charge < -0.3 is 10.2 Å². The largest absolute Gasteiger partial charge is 0.381 e. The van der Waals surface area contributed by atoms with Crippen LogP contribution in [-0.4, -0.2) is 13.1 Å². The molecule has 1 aromatic carbocycles. The summed E-state index contributed by atoms with van der Waals surface area (Å²) >= 11 is 0. The van der Waals surface area contributed by atoms with Gasteiger partial charge >= 0.3 is 0 Å². The molecule has 0 radical (unpaired) electrons. The standard InChI is InChI=1S/C16H20N2/c1-3-4-8-18-11-13-9-15-14(12(2)17-10-13)6-5-7-16(15)18/h5-7,11,17H,2-4,8-10H2,1H3. The Hall–Kier alpha value is -1.70. The third kappa shape index (κ3) is 1.82. The van der Waals surface area contributed by atoms with Gasteiger partial charge in [0.15, 0.2) is 0 Å². The van der Waals surface area contributed by atoms with Gasteiger partial charge in [0.05, 0.1) is 0 Å². The van der Waals surface area contributed by atoms with Crippen molar-refractivity contribution in [2.75, 3.05) is 18.0 Å². The van der Waals surface area contributed by atoms with Crippen molar-refractivity contribution in [2.24, 2.45) is 0 Å². The summed E-state index contributed by atoms with van der Waals surface area (Å²) in [5.41, 5.74) is 6.63. The van der Waals surface area contributed by atoms with Crippen molar-refractivity contribution >= 4 is 11.4 Å². The van der Waals surface area contributed by atoms with E-state index in [-0.39, 0.29) is 0 Å². The van der Waals surface area contributed by atoms with Crippen molar-refractivity contribution in [2.45, 2.75) is 26.2 Å². The molecule has 3 rings (SSSR count).